The van der Waals surface area contributed by atoms with E-state index in [0.29, 0.717) is 0 Å². The van der Waals surface area contributed by atoms with E-state index in [1.165, 1.54) is 29.5 Å². The zero-order chi connectivity index (χ0) is 23.8. The highest BCUT2D eigenvalue weighted by Crippen LogP contribution is 2.41. The van der Waals surface area contributed by atoms with Crippen LogP contribution >= 0.6 is 11.8 Å². The van der Waals surface area contributed by atoms with Crippen LogP contribution in [0.15, 0.2) is 52.6 Å². The summed E-state index contributed by atoms with van der Waals surface area (Å²) in [5.41, 5.74) is 7.78. The summed E-state index contributed by atoms with van der Waals surface area (Å²) in [6, 6.07) is 13.1. The third-order valence-corrected chi connectivity index (χ3v) is 7.35. The van der Waals surface area contributed by atoms with Gasteiger partial charge < -0.3 is 4.90 Å². The molecular weight excluding hydrogens is 435 g/mol. The van der Waals surface area contributed by atoms with Crippen LogP contribution in [0.2, 0.25) is 0 Å². The molecule has 2 heterocycles. The largest absolute Gasteiger partial charge is 0.326 e. The van der Waals surface area contributed by atoms with Crippen LogP contribution in [0.3, 0.4) is 0 Å². The Labute approximate surface area is 199 Å². The van der Waals surface area contributed by atoms with Crippen LogP contribution in [0.5, 0.6) is 0 Å². The molecule has 174 valence electrons. The molecular formula is C26H31FN4OS. The molecule has 2 aliphatic rings. The quantitative estimate of drug-likeness (QED) is 0.437. The van der Waals surface area contributed by atoms with Gasteiger partial charge in [0.1, 0.15) is 11.7 Å². The number of thioether (sulfide) groups is 1. The van der Waals surface area contributed by atoms with Crippen LogP contribution < -0.4 is 10.3 Å². The van der Waals surface area contributed by atoms with Gasteiger partial charge >= 0.3 is 0 Å². The lowest BCUT2D eigenvalue weighted by Crippen LogP contribution is -2.42. The molecule has 2 aromatic carbocycles. The first-order valence-electron chi connectivity index (χ1n) is 11.5. The van der Waals surface area contributed by atoms with E-state index in [0.717, 1.165) is 47.7 Å². The fourth-order valence-electron chi connectivity index (χ4n) is 4.40. The Morgan fingerprint density at radius 3 is 2.67 bits per heavy atom. The Kier molecular flexibility index (Phi) is 6.61. The predicted molar refractivity (Wildman–Crippen MR) is 136 cm³/mol. The summed E-state index contributed by atoms with van der Waals surface area (Å²) in [5, 5.41) is 4.33. The van der Waals surface area contributed by atoms with Gasteiger partial charge in [-0.05, 0) is 79.6 Å². The Hall–Kier alpha value is -2.67. The first-order chi connectivity index (χ1) is 15.7. The van der Waals surface area contributed by atoms with Crippen molar-refractivity contribution < 1.29 is 9.18 Å². The maximum atomic E-state index is 13.6. The lowest BCUT2D eigenvalue weighted by molar-refractivity contribution is 0.260. The van der Waals surface area contributed by atoms with E-state index in [1.54, 1.807) is 12.1 Å². The van der Waals surface area contributed by atoms with E-state index < -0.39 is 0 Å². The average Bonchev–Trinajstić information content (AvgIpc) is 2.78. The Bertz CT molecular complexity index is 1110. The molecule has 1 atom stereocenters. The molecule has 2 aromatic rings. The molecule has 5 nitrogen and oxygen atoms in total. The van der Waals surface area contributed by atoms with Gasteiger partial charge in [-0.15, -0.1) is 0 Å². The highest BCUT2D eigenvalue weighted by molar-refractivity contribution is 8.14. The maximum Gasteiger partial charge on any atom is 0.299 e. The number of anilines is 1. The van der Waals surface area contributed by atoms with Crippen molar-refractivity contribution in [1.82, 2.24) is 5.43 Å². The number of nitrogens with zero attached hydrogens (tertiary/aromatic N) is 3. The maximum absolute atomic E-state index is 13.6. The van der Waals surface area contributed by atoms with Crippen LogP contribution in [0, 0.1) is 5.82 Å². The Morgan fingerprint density at radius 2 is 2.00 bits per heavy atom. The van der Waals surface area contributed by atoms with E-state index in [4.69, 9.17) is 4.99 Å². The summed E-state index contributed by atoms with van der Waals surface area (Å²) in [6.45, 7) is 11.5. The molecule has 0 saturated carbocycles. The minimum absolute atomic E-state index is 0.0269. The second kappa shape index (κ2) is 9.29. The topological polar surface area (TPSA) is 57.1 Å². The summed E-state index contributed by atoms with van der Waals surface area (Å²) in [4.78, 5) is 19.0. The number of hydrogen-bond acceptors (Lipinski definition) is 4. The molecule has 1 N–H and O–H groups in total. The van der Waals surface area contributed by atoms with Crippen LogP contribution in [-0.2, 0) is 5.41 Å². The predicted octanol–water partition coefficient (Wildman–Crippen LogP) is 6.11. The van der Waals surface area contributed by atoms with Crippen LogP contribution in [0.4, 0.5) is 14.9 Å². The molecule has 0 aliphatic carbocycles. The van der Waals surface area contributed by atoms with E-state index in [-0.39, 0.29) is 27.8 Å². The summed E-state index contributed by atoms with van der Waals surface area (Å²) in [6.07, 6.45) is 1.79. The number of aliphatic imine (C=N–C) groups is 1. The van der Waals surface area contributed by atoms with E-state index in [9.17, 15) is 9.18 Å². The molecule has 0 fully saturated rings. The van der Waals surface area contributed by atoms with E-state index in [1.807, 2.05) is 0 Å². The standard InChI is InChI=1S/C26H31FN4OS/c1-6-22-23(29-30-25(32)33-22)18-9-12-21-20(15-18)26(4,5)13-14-31(21)24(28-16(2)3)17-7-10-19(27)11-8-17/h7-12,15-16,22H,6,13-14H2,1-5H3,(H,30,32). The Balaban J connectivity index is 1.80. The molecule has 4 rings (SSSR count). The number of carbonyl (C=O) groups excluding carboxylic acids is 1. The molecule has 1 unspecified atom stereocenters. The fourth-order valence-corrected chi connectivity index (χ4v) is 5.22. The molecule has 2 aliphatic heterocycles. The van der Waals surface area contributed by atoms with Crippen molar-refractivity contribution in [3.8, 4) is 0 Å². The van der Waals surface area contributed by atoms with Gasteiger partial charge in [-0.3, -0.25) is 9.79 Å². The molecule has 7 heteroatoms. The third kappa shape index (κ3) is 4.83. The number of carbonyl (C=O) groups is 1. The van der Waals surface area contributed by atoms with Crippen LogP contribution in [-0.4, -0.2) is 34.6 Å². The summed E-state index contributed by atoms with van der Waals surface area (Å²) >= 11 is 1.30. The Morgan fingerprint density at radius 1 is 1.27 bits per heavy atom. The van der Waals surface area contributed by atoms with Crippen molar-refractivity contribution in [2.75, 3.05) is 11.4 Å². The van der Waals surface area contributed by atoms with Crippen molar-refractivity contribution in [3.05, 3.63) is 65.0 Å². The lowest BCUT2D eigenvalue weighted by Gasteiger charge is -2.41. The number of halogens is 1. The highest BCUT2D eigenvalue weighted by atomic mass is 32.2. The van der Waals surface area contributed by atoms with Gasteiger partial charge in [0.2, 0.25) is 0 Å². The van der Waals surface area contributed by atoms with Gasteiger partial charge in [-0.2, -0.15) is 5.10 Å². The zero-order valence-corrected chi connectivity index (χ0v) is 20.7. The second-order valence-corrected chi connectivity index (χ2v) is 10.7. The molecule has 0 aromatic heterocycles. The smallest absolute Gasteiger partial charge is 0.299 e. The molecule has 0 radical (unpaired) electrons. The SMILES string of the molecule is CCC1SC(=O)NN=C1c1ccc2c(c1)C(C)(C)CCN2C(=NC(C)C)c1ccc(F)cc1. The van der Waals surface area contributed by atoms with Crippen LogP contribution in [0.25, 0.3) is 0 Å². The average molecular weight is 467 g/mol. The summed E-state index contributed by atoms with van der Waals surface area (Å²) in [7, 11) is 0. The number of rotatable bonds is 4. The first-order valence-corrected chi connectivity index (χ1v) is 12.4. The van der Waals surface area contributed by atoms with Crippen molar-refractivity contribution in [3.63, 3.8) is 0 Å². The number of benzene rings is 2. The summed E-state index contributed by atoms with van der Waals surface area (Å²) in [5.74, 6) is 0.606. The van der Waals surface area contributed by atoms with Crippen molar-refractivity contribution in [1.29, 1.82) is 0 Å². The van der Waals surface area contributed by atoms with Crippen LogP contribution in [0.1, 0.15) is 64.2 Å². The fraction of sp³-hybridized carbons (Fsp3) is 0.423. The molecule has 33 heavy (non-hydrogen) atoms. The number of nitrogens with one attached hydrogen (secondary N) is 1. The lowest BCUT2D eigenvalue weighted by atomic mass is 9.76. The van der Waals surface area contributed by atoms with Crippen molar-refractivity contribution in [2.24, 2.45) is 10.1 Å². The first kappa shape index (κ1) is 23.5. The highest BCUT2D eigenvalue weighted by Gasteiger charge is 2.35. The third-order valence-electron chi connectivity index (χ3n) is 6.20. The minimum atomic E-state index is -0.254. The number of hydrogen-bond donors (Lipinski definition) is 1. The molecule has 0 spiro atoms. The van der Waals surface area contributed by atoms with E-state index in [2.05, 4.69) is 68.2 Å². The zero-order valence-electron chi connectivity index (χ0n) is 19.9. The van der Waals surface area contributed by atoms with Gasteiger partial charge in [0.15, 0.2) is 0 Å². The monoisotopic (exact) mass is 466 g/mol. The molecule has 0 saturated heterocycles. The molecule has 0 bridgehead atoms. The second-order valence-electron chi connectivity index (χ2n) is 9.48. The van der Waals surface area contributed by atoms with Crippen molar-refractivity contribution >= 4 is 34.2 Å². The van der Waals surface area contributed by atoms with Crippen molar-refractivity contribution in [2.45, 2.75) is 64.2 Å². The number of amidine groups is 1. The normalized spacial score (nSPS) is 20.4. The number of fused-ring (bicyclic) bond motifs is 1. The minimum Gasteiger partial charge on any atom is -0.326 e. The van der Waals surface area contributed by atoms with Gasteiger partial charge in [0.25, 0.3) is 5.24 Å². The van der Waals surface area contributed by atoms with Gasteiger partial charge in [0.05, 0.1) is 11.0 Å². The van der Waals surface area contributed by atoms with E-state index >= 15 is 0 Å². The van der Waals surface area contributed by atoms with Gasteiger partial charge in [0, 0.05) is 23.8 Å². The molecule has 1 amide bonds. The van der Waals surface area contributed by atoms with Gasteiger partial charge in [-0.25, -0.2) is 9.82 Å². The summed E-state index contributed by atoms with van der Waals surface area (Å²) < 4.78 is 13.6. The van der Waals surface area contributed by atoms with Gasteiger partial charge in [-0.1, -0.05) is 38.6 Å². The number of amides is 1. The number of hydrazone groups is 1.